The molecule has 1 saturated heterocycles. The van der Waals surface area contributed by atoms with Crippen molar-refractivity contribution in [2.24, 2.45) is 0 Å². The second-order valence-electron chi connectivity index (χ2n) is 4.72. The van der Waals surface area contributed by atoms with Gasteiger partial charge in [-0.3, -0.25) is 0 Å². The van der Waals surface area contributed by atoms with Gasteiger partial charge < -0.3 is 19.5 Å². The van der Waals surface area contributed by atoms with Crippen LogP contribution in [-0.2, 0) is 9.47 Å². The SMILES string of the molecule is COC1CN(c2ccc([C@H](C)O)cc2)CC1OC. The quantitative estimate of drug-likeness (QED) is 0.882. The fraction of sp³-hybridized carbons (Fsp3) is 0.571. The Bertz CT molecular complexity index is 365. The monoisotopic (exact) mass is 251 g/mol. The first kappa shape index (κ1) is 13.3. The van der Waals surface area contributed by atoms with E-state index in [9.17, 15) is 5.11 Å². The van der Waals surface area contributed by atoms with Gasteiger partial charge in [0.05, 0.1) is 6.10 Å². The zero-order valence-electron chi connectivity index (χ0n) is 11.2. The van der Waals surface area contributed by atoms with E-state index in [1.807, 2.05) is 24.3 Å². The minimum atomic E-state index is -0.420. The number of ether oxygens (including phenoxy) is 2. The van der Waals surface area contributed by atoms with E-state index < -0.39 is 6.10 Å². The van der Waals surface area contributed by atoms with Gasteiger partial charge in [0.1, 0.15) is 12.2 Å². The van der Waals surface area contributed by atoms with Gasteiger partial charge in [0.25, 0.3) is 0 Å². The van der Waals surface area contributed by atoms with E-state index in [0.717, 1.165) is 24.3 Å². The number of aliphatic hydroxyl groups is 1. The zero-order chi connectivity index (χ0) is 13.1. The molecular weight excluding hydrogens is 230 g/mol. The number of anilines is 1. The summed E-state index contributed by atoms with van der Waals surface area (Å²) in [5.74, 6) is 0. The number of nitrogens with zero attached hydrogens (tertiary/aromatic N) is 1. The molecule has 0 amide bonds. The van der Waals surface area contributed by atoms with Gasteiger partial charge in [-0.25, -0.2) is 0 Å². The number of hydrogen-bond donors (Lipinski definition) is 1. The van der Waals surface area contributed by atoms with Crippen molar-refractivity contribution in [3.63, 3.8) is 0 Å². The highest BCUT2D eigenvalue weighted by Gasteiger charge is 2.32. The van der Waals surface area contributed by atoms with E-state index in [-0.39, 0.29) is 12.2 Å². The van der Waals surface area contributed by atoms with E-state index in [0.29, 0.717) is 0 Å². The van der Waals surface area contributed by atoms with Gasteiger partial charge in [0.2, 0.25) is 0 Å². The van der Waals surface area contributed by atoms with Crippen LogP contribution in [0.3, 0.4) is 0 Å². The first-order valence-electron chi connectivity index (χ1n) is 6.24. The molecule has 3 atom stereocenters. The molecular formula is C14H21NO3. The van der Waals surface area contributed by atoms with Gasteiger partial charge in [0, 0.05) is 33.0 Å². The molecule has 2 unspecified atom stereocenters. The number of rotatable bonds is 4. The Morgan fingerprint density at radius 3 is 2.00 bits per heavy atom. The molecule has 1 fully saturated rings. The Labute approximate surface area is 108 Å². The first-order chi connectivity index (χ1) is 8.65. The average Bonchev–Trinajstić information content (AvgIpc) is 2.82. The van der Waals surface area contributed by atoms with Crippen LogP contribution in [0.2, 0.25) is 0 Å². The molecule has 1 aromatic rings. The molecule has 1 aliphatic heterocycles. The Kier molecular flexibility index (Phi) is 4.22. The predicted molar refractivity (Wildman–Crippen MR) is 70.9 cm³/mol. The van der Waals surface area contributed by atoms with Crippen LogP contribution in [0.15, 0.2) is 24.3 Å². The normalized spacial score (nSPS) is 25.4. The Morgan fingerprint density at radius 2 is 1.61 bits per heavy atom. The van der Waals surface area contributed by atoms with Gasteiger partial charge in [-0.1, -0.05) is 12.1 Å². The minimum Gasteiger partial charge on any atom is -0.389 e. The fourth-order valence-electron chi connectivity index (χ4n) is 2.37. The van der Waals surface area contributed by atoms with Crippen LogP contribution in [0.4, 0.5) is 5.69 Å². The molecule has 4 heteroatoms. The minimum absolute atomic E-state index is 0.117. The third kappa shape index (κ3) is 2.66. The van der Waals surface area contributed by atoms with Crippen molar-refractivity contribution in [1.82, 2.24) is 0 Å². The largest absolute Gasteiger partial charge is 0.389 e. The van der Waals surface area contributed by atoms with Gasteiger partial charge in [0.15, 0.2) is 0 Å². The molecule has 0 saturated carbocycles. The van der Waals surface area contributed by atoms with Crippen LogP contribution in [0.5, 0.6) is 0 Å². The molecule has 1 N–H and O–H groups in total. The van der Waals surface area contributed by atoms with E-state index >= 15 is 0 Å². The lowest BCUT2D eigenvalue weighted by molar-refractivity contribution is -0.00461. The summed E-state index contributed by atoms with van der Waals surface area (Å²) >= 11 is 0. The van der Waals surface area contributed by atoms with Crippen molar-refractivity contribution in [1.29, 1.82) is 0 Å². The van der Waals surface area contributed by atoms with Crippen molar-refractivity contribution in [2.75, 3.05) is 32.2 Å². The molecule has 0 aromatic heterocycles. The maximum atomic E-state index is 9.49. The van der Waals surface area contributed by atoms with E-state index in [1.165, 1.54) is 0 Å². The average molecular weight is 251 g/mol. The van der Waals surface area contributed by atoms with Crippen molar-refractivity contribution < 1.29 is 14.6 Å². The lowest BCUT2D eigenvalue weighted by atomic mass is 10.1. The molecule has 4 nitrogen and oxygen atoms in total. The Morgan fingerprint density at radius 1 is 1.11 bits per heavy atom. The predicted octanol–water partition coefficient (Wildman–Crippen LogP) is 1.59. The summed E-state index contributed by atoms with van der Waals surface area (Å²) in [7, 11) is 3.44. The first-order valence-corrected chi connectivity index (χ1v) is 6.24. The molecule has 0 bridgehead atoms. The second kappa shape index (κ2) is 5.69. The fourth-order valence-corrected chi connectivity index (χ4v) is 2.37. The highest BCUT2D eigenvalue weighted by atomic mass is 16.5. The highest BCUT2D eigenvalue weighted by molar-refractivity contribution is 5.49. The van der Waals surface area contributed by atoms with Crippen LogP contribution < -0.4 is 4.90 Å². The van der Waals surface area contributed by atoms with Gasteiger partial charge in [-0.05, 0) is 24.6 Å². The van der Waals surface area contributed by atoms with Crippen LogP contribution in [0, 0.1) is 0 Å². The second-order valence-corrected chi connectivity index (χ2v) is 4.72. The highest BCUT2D eigenvalue weighted by Crippen LogP contribution is 2.25. The van der Waals surface area contributed by atoms with Gasteiger partial charge in [-0.2, -0.15) is 0 Å². The third-order valence-corrected chi connectivity index (χ3v) is 3.56. The number of benzene rings is 1. The molecule has 1 heterocycles. The van der Waals surface area contributed by atoms with Crippen molar-refractivity contribution >= 4 is 5.69 Å². The van der Waals surface area contributed by atoms with Crippen molar-refractivity contribution in [3.8, 4) is 0 Å². The summed E-state index contributed by atoms with van der Waals surface area (Å²) in [6.07, 6.45) is -0.186. The summed E-state index contributed by atoms with van der Waals surface area (Å²) in [6.45, 7) is 3.44. The maximum Gasteiger partial charge on any atom is 0.102 e. The number of aliphatic hydroxyl groups excluding tert-OH is 1. The van der Waals surface area contributed by atoms with Gasteiger partial charge in [-0.15, -0.1) is 0 Å². The zero-order valence-corrected chi connectivity index (χ0v) is 11.2. The molecule has 18 heavy (non-hydrogen) atoms. The number of methoxy groups -OCH3 is 2. The van der Waals surface area contributed by atoms with Crippen LogP contribution in [0.25, 0.3) is 0 Å². The van der Waals surface area contributed by atoms with Gasteiger partial charge >= 0.3 is 0 Å². The summed E-state index contributed by atoms with van der Waals surface area (Å²) < 4.78 is 10.8. The van der Waals surface area contributed by atoms with E-state index in [4.69, 9.17) is 9.47 Å². The molecule has 0 aliphatic carbocycles. The summed E-state index contributed by atoms with van der Waals surface area (Å²) in [4.78, 5) is 2.24. The molecule has 1 aliphatic rings. The topological polar surface area (TPSA) is 41.9 Å². The summed E-state index contributed by atoms with van der Waals surface area (Å²) in [5.41, 5.74) is 2.07. The van der Waals surface area contributed by atoms with Crippen molar-refractivity contribution in [2.45, 2.75) is 25.2 Å². The van der Waals surface area contributed by atoms with E-state index in [1.54, 1.807) is 21.1 Å². The molecule has 1 aromatic carbocycles. The van der Waals surface area contributed by atoms with Crippen LogP contribution >= 0.6 is 0 Å². The summed E-state index contributed by atoms with van der Waals surface area (Å²) in [5, 5.41) is 9.49. The third-order valence-electron chi connectivity index (χ3n) is 3.56. The lowest BCUT2D eigenvalue weighted by Gasteiger charge is -2.18. The lowest BCUT2D eigenvalue weighted by Crippen LogP contribution is -2.27. The maximum absolute atomic E-state index is 9.49. The molecule has 100 valence electrons. The Balaban J connectivity index is 2.08. The Hall–Kier alpha value is -1.10. The van der Waals surface area contributed by atoms with Crippen LogP contribution in [-0.4, -0.2) is 44.6 Å². The van der Waals surface area contributed by atoms with E-state index in [2.05, 4.69) is 4.90 Å². The molecule has 0 radical (unpaired) electrons. The standard InChI is InChI=1S/C14H21NO3/c1-10(16)11-4-6-12(7-5-11)15-8-13(17-2)14(9-15)18-3/h4-7,10,13-14,16H,8-9H2,1-3H3/t10-,13?,14?/m0/s1. The number of hydrogen-bond acceptors (Lipinski definition) is 4. The van der Waals surface area contributed by atoms with Crippen molar-refractivity contribution in [3.05, 3.63) is 29.8 Å². The van der Waals surface area contributed by atoms with Crippen LogP contribution in [0.1, 0.15) is 18.6 Å². The summed E-state index contributed by atoms with van der Waals surface area (Å²) in [6, 6.07) is 7.99. The smallest absolute Gasteiger partial charge is 0.102 e. The molecule has 0 spiro atoms. The molecule has 2 rings (SSSR count).